The number of hydrogen-bond donors (Lipinski definition) is 3. The monoisotopic (exact) mass is 398 g/mol. The summed E-state index contributed by atoms with van der Waals surface area (Å²) in [6, 6.07) is 3.35. The first kappa shape index (κ1) is 21.8. The van der Waals surface area contributed by atoms with Crippen molar-refractivity contribution in [3.8, 4) is 0 Å². The molecule has 1 aromatic carbocycles. The number of ether oxygens (including phenoxy) is 2. The van der Waals surface area contributed by atoms with Crippen molar-refractivity contribution >= 4 is 29.2 Å². The van der Waals surface area contributed by atoms with Gasteiger partial charge in [-0.15, -0.1) is 0 Å². The van der Waals surface area contributed by atoms with Crippen LogP contribution in [0.25, 0.3) is 0 Å². The molecule has 8 heteroatoms. The molecule has 2 atom stereocenters. The number of methoxy groups -OCH3 is 1. The van der Waals surface area contributed by atoms with Gasteiger partial charge in [-0.1, -0.05) is 26.8 Å². The number of rotatable bonds is 5. The fourth-order valence-electron chi connectivity index (χ4n) is 3.15. The van der Waals surface area contributed by atoms with E-state index in [4.69, 9.17) is 9.47 Å². The van der Waals surface area contributed by atoms with Gasteiger partial charge in [0.05, 0.1) is 31.2 Å². The lowest BCUT2D eigenvalue weighted by molar-refractivity contribution is -0.123. The molecule has 28 heavy (non-hydrogen) atoms. The van der Waals surface area contributed by atoms with E-state index < -0.39 is 17.5 Å². The van der Waals surface area contributed by atoms with Gasteiger partial charge in [0.15, 0.2) is 0 Å². The van der Waals surface area contributed by atoms with Gasteiger partial charge >= 0.3 is 5.97 Å². The number of amides is 2. The van der Waals surface area contributed by atoms with Crippen LogP contribution < -0.4 is 10.6 Å². The Hall–Kier alpha value is -2.45. The Kier molecular flexibility index (Phi) is 6.79. The zero-order valence-corrected chi connectivity index (χ0v) is 16.9. The number of benzene rings is 1. The minimum atomic E-state index is -0.686. The molecule has 1 aromatic rings. The van der Waals surface area contributed by atoms with E-state index in [1.165, 1.54) is 14.0 Å². The van der Waals surface area contributed by atoms with E-state index in [-0.39, 0.29) is 45.6 Å². The smallest absolute Gasteiger partial charge is 0.342 e. The van der Waals surface area contributed by atoms with Crippen molar-refractivity contribution in [2.45, 2.75) is 46.1 Å². The molecular formula is C20H34N2O6. The van der Waals surface area contributed by atoms with E-state index >= 15 is 0 Å². The van der Waals surface area contributed by atoms with Crippen molar-refractivity contribution < 1.29 is 33.2 Å². The molecule has 1 fully saturated rings. The molecule has 2 rings (SSSR count). The van der Waals surface area contributed by atoms with Gasteiger partial charge in [-0.25, -0.2) is 4.79 Å². The van der Waals surface area contributed by atoms with Crippen molar-refractivity contribution in [3.05, 3.63) is 23.3 Å². The summed E-state index contributed by atoms with van der Waals surface area (Å²) >= 11 is 0. The first-order valence-corrected chi connectivity index (χ1v) is 9.16. The molecule has 1 aliphatic heterocycles. The molecule has 0 aromatic heterocycles. The maximum absolute atomic E-state index is 12.6. The third-order valence-electron chi connectivity index (χ3n) is 4.65. The number of carbonyl (C=O) groups is 3. The van der Waals surface area contributed by atoms with E-state index in [9.17, 15) is 19.5 Å². The van der Waals surface area contributed by atoms with Gasteiger partial charge in [0.2, 0.25) is 11.8 Å². The number of anilines is 2. The minimum absolute atomic E-state index is 0. The van der Waals surface area contributed by atoms with Gasteiger partial charge in [0, 0.05) is 29.1 Å². The average Bonchev–Trinajstić information content (AvgIpc) is 3.08. The summed E-state index contributed by atoms with van der Waals surface area (Å²) in [4.78, 5) is 36.9. The summed E-state index contributed by atoms with van der Waals surface area (Å²) in [6.07, 6.45) is 0.194. The predicted molar refractivity (Wildman–Crippen MR) is 111 cm³/mol. The Morgan fingerprint density at radius 2 is 1.96 bits per heavy atom. The van der Waals surface area contributed by atoms with Crippen LogP contribution in [0, 0.1) is 5.41 Å². The molecule has 0 aliphatic carbocycles. The second-order valence-electron chi connectivity index (χ2n) is 7.82. The van der Waals surface area contributed by atoms with Crippen LogP contribution in [0.3, 0.4) is 0 Å². The second kappa shape index (κ2) is 8.70. The van der Waals surface area contributed by atoms with Gasteiger partial charge in [-0.05, 0) is 18.1 Å². The lowest BCUT2D eigenvalue weighted by Crippen LogP contribution is -2.29. The Morgan fingerprint density at radius 1 is 1.29 bits per heavy atom. The molecule has 0 bridgehead atoms. The van der Waals surface area contributed by atoms with Gasteiger partial charge < -0.3 is 25.2 Å². The molecule has 160 valence electrons. The summed E-state index contributed by atoms with van der Waals surface area (Å²) in [5.41, 5.74) is 0.553. The van der Waals surface area contributed by atoms with Crippen LogP contribution in [0.2, 0.25) is 0 Å². The number of aliphatic hydroxyl groups is 1. The average molecular weight is 399 g/mol. The van der Waals surface area contributed by atoms with Crippen LogP contribution in [0.4, 0.5) is 11.4 Å². The van der Waals surface area contributed by atoms with Crippen LogP contribution in [-0.2, 0) is 19.1 Å². The Morgan fingerprint density at radius 3 is 2.50 bits per heavy atom. The topological polar surface area (TPSA) is 114 Å². The lowest BCUT2D eigenvalue weighted by Gasteiger charge is -2.25. The Bertz CT molecular complexity index is 783. The highest BCUT2D eigenvalue weighted by Crippen LogP contribution is 2.40. The minimum Gasteiger partial charge on any atom is -0.465 e. The molecule has 2 amide bonds. The number of nitrogens with one attached hydrogen (secondary N) is 2. The lowest BCUT2D eigenvalue weighted by atomic mass is 9.88. The van der Waals surface area contributed by atoms with Gasteiger partial charge in [0.25, 0.3) is 0 Å². The predicted octanol–water partition coefficient (Wildman–Crippen LogP) is 3.02. The standard InChI is InChI=1S/C20H28N2O6.3H2/c1-11(24)21-17-13(12-8-9-28-15(12)10-23)6-7-14(16(17)18(25)27-5)22-19(26)20(2,3)4;;;/h6-7,12,15,23H,8-10H2,1-5H3,(H,21,24)(H,22,26);3*1H/t12-,15+;;;/m0.../s1. The second-order valence-corrected chi connectivity index (χ2v) is 7.82. The van der Waals surface area contributed by atoms with Crippen molar-refractivity contribution in [2.24, 2.45) is 5.41 Å². The van der Waals surface area contributed by atoms with Gasteiger partial charge in [-0.2, -0.15) is 0 Å². The highest BCUT2D eigenvalue weighted by atomic mass is 16.5. The highest BCUT2D eigenvalue weighted by molar-refractivity contribution is 6.09. The normalized spacial score (nSPS) is 19.2. The number of carbonyl (C=O) groups excluding carboxylic acids is 3. The quantitative estimate of drug-likeness (QED) is 0.657. The van der Waals surface area contributed by atoms with Crippen LogP contribution in [0.5, 0.6) is 0 Å². The zero-order chi connectivity index (χ0) is 21.1. The molecule has 0 spiro atoms. The van der Waals surface area contributed by atoms with E-state index in [1.54, 1.807) is 32.9 Å². The fourth-order valence-corrected chi connectivity index (χ4v) is 3.15. The number of esters is 1. The molecule has 1 heterocycles. The fraction of sp³-hybridized carbons (Fsp3) is 0.550. The summed E-state index contributed by atoms with van der Waals surface area (Å²) < 4.78 is 10.5. The van der Waals surface area contributed by atoms with Crippen LogP contribution in [-0.4, -0.2) is 49.3 Å². The van der Waals surface area contributed by atoms with Crippen molar-refractivity contribution in [2.75, 3.05) is 31.0 Å². The largest absolute Gasteiger partial charge is 0.465 e. The maximum atomic E-state index is 12.6. The summed E-state index contributed by atoms with van der Waals surface area (Å²) in [6.45, 7) is 6.88. The zero-order valence-electron chi connectivity index (χ0n) is 16.9. The molecule has 0 radical (unpaired) electrons. The van der Waals surface area contributed by atoms with Crippen LogP contribution >= 0.6 is 0 Å². The van der Waals surface area contributed by atoms with Crippen molar-refractivity contribution in [1.29, 1.82) is 0 Å². The molecule has 8 nitrogen and oxygen atoms in total. The number of aliphatic hydroxyl groups excluding tert-OH is 1. The molecule has 0 unspecified atom stereocenters. The number of hydrogen-bond acceptors (Lipinski definition) is 6. The molecular weight excluding hydrogens is 364 g/mol. The summed E-state index contributed by atoms with van der Waals surface area (Å²) in [7, 11) is 1.23. The third kappa shape index (κ3) is 4.69. The summed E-state index contributed by atoms with van der Waals surface area (Å²) in [5, 5.41) is 15.1. The Balaban J connectivity index is 0. The molecule has 1 saturated heterocycles. The Labute approximate surface area is 169 Å². The maximum Gasteiger partial charge on any atom is 0.342 e. The van der Waals surface area contributed by atoms with Crippen LogP contribution in [0.15, 0.2) is 12.1 Å². The van der Waals surface area contributed by atoms with E-state index in [0.29, 0.717) is 18.6 Å². The van der Waals surface area contributed by atoms with E-state index in [2.05, 4.69) is 10.6 Å². The molecule has 3 N–H and O–H groups in total. The van der Waals surface area contributed by atoms with Gasteiger partial charge in [0.1, 0.15) is 5.56 Å². The van der Waals surface area contributed by atoms with E-state index in [1.807, 2.05) is 0 Å². The van der Waals surface area contributed by atoms with Crippen molar-refractivity contribution in [3.63, 3.8) is 0 Å². The van der Waals surface area contributed by atoms with Crippen molar-refractivity contribution in [1.82, 2.24) is 0 Å². The van der Waals surface area contributed by atoms with Gasteiger partial charge in [-0.3, -0.25) is 9.59 Å². The molecule has 1 aliphatic rings. The van der Waals surface area contributed by atoms with E-state index in [0.717, 1.165) is 0 Å². The van der Waals surface area contributed by atoms with Crippen LogP contribution in [0.1, 0.15) is 60.2 Å². The highest BCUT2D eigenvalue weighted by Gasteiger charge is 2.34. The third-order valence-corrected chi connectivity index (χ3v) is 4.65. The SMILES string of the molecule is COC(=O)c1c(NC(=O)C(C)(C)C)ccc([C@@H]2CCO[C@@H]2CO)c1NC(C)=O.[HH].[HH].[HH]. The molecule has 0 saturated carbocycles. The first-order valence-electron chi connectivity index (χ1n) is 9.16. The summed E-state index contributed by atoms with van der Waals surface area (Å²) in [5.74, 6) is -1.54. The first-order chi connectivity index (χ1) is 13.1.